The molecule has 7 nitrogen and oxygen atoms in total. The van der Waals surface area contributed by atoms with Crippen molar-refractivity contribution in [2.45, 2.75) is 51.1 Å². The maximum Gasteiger partial charge on any atom is 0.326 e. The van der Waals surface area contributed by atoms with Gasteiger partial charge in [0.2, 0.25) is 0 Å². The summed E-state index contributed by atoms with van der Waals surface area (Å²) in [4.78, 5) is 33.0. The van der Waals surface area contributed by atoms with E-state index >= 15 is 0 Å². The van der Waals surface area contributed by atoms with Gasteiger partial charge in [-0.25, -0.2) is 9.59 Å². The van der Waals surface area contributed by atoms with Gasteiger partial charge in [0.1, 0.15) is 6.04 Å². The molecule has 7 heteroatoms. The molecule has 1 rings (SSSR count). The maximum atomic E-state index is 11.7. The predicted molar refractivity (Wildman–Crippen MR) is 66.8 cm³/mol. The maximum absolute atomic E-state index is 11.7. The first-order valence-corrected chi connectivity index (χ1v) is 6.41. The number of urea groups is 1. The van der Waals surface area contributed by atoms with Crippen LogP contribution < -0.4 is 10.6 Å². The fraction of sp³-hybridized carbons (Fsp3) is 0.750. The zero-order valence-corrected chi connectivity index (χ0v) is 10.9. The Kier molecular flexibility index (Phi) is 5.59. The Morgan fingerprint density at radius 3 is 2.37 bits per heavy atom. The number of amides is 2. The fourth-order valence-corrected chi connectivity index (χ4v) is 2.27. The molecule has 1 aliphatic rings. The topological polar surface area (TPSA) is 116 Å². The van der Waals surface area contributed by atoms with Crippen LogP contribution >= 0.6 is 0 Å². The summed E-state index contributed by atoms with van der Waals surface area (Å²) in [5, 5.41) is 22.3. The van der Waals surface area contributed by atoms with Crippen molar-refractivity contribution in [2.75, 3.05) is 0 Å². The third-order valence-corrected chi connectivity index (χ3v) is 3.41. The predicted octanol–water partition coefficient (Wildman–Crippen LogP) is 0.792. The number of rotatable bonds is 5. The molecule has 1 aliphatic carbocycles. The van der Waals surface area contributed by atoms with Gasteiger partial charge in [-0.3, -0.25) is 4.79 Å². The molecule has 2 unspecified atom stereocenters. The first kappa shape index (κ1) is 15.3. The zero-order chi connectivity index (χ0) is 14.4. The fourth-order valence-electron chi connectivity index (χ4n) is 2.27. The Bertz CT molecular complexity index is 358. The van der Waals surface area contributed by atoms with E-state index < -0.39 is 30.4 Å². The lowest BCUT2D eigenvalue weighted by molar-refractivity contribution is -0.145. The van der Waals surface area contributed by atoms with E-state index in [0.717, 1.165) is 25.7 Å². The van der Waals surface area contributed by atoms with Crippen molar-refractivity contribution in [1.29, 1.82) is 0 Å². The van der Waals surface area contributed by atoms with Gasteiger partial charge in [0.05, 0.1) is 6.42 Å². The second kappa shape index (κ2) is 6.96. The van der Waals surface area contributed by atoms with Crippen LogP contribution in [0.2, 0.25) is 0 Å². The number of hydrogen-bond acceptors (Lipinski definition) is 3. The normalized spacial score (nSPS) is 24.3. The highest BCUT2D eigenvalue weighted by atomic mass is 16.4. The third-order valence-electron chi connectivity index (χ3n) is 3.41. The van der Waals surface area contributed by atoms with Gasteiger partial charge in [0.15, 0.2) is 0 Å². The van der Waals surface area contributed by atoms with Gasteiger partial charge in [-0.2, -0.15) is 0 Å². The third kappa shape index (κ3) is 5.15. The van der Waals surface area contributed by atoms with Crippen molar-refractivity contribution in [1.82, 2.24) is 10.6 Å². The summed E-state index contributed by atoms with van der Waals surface area (Å²) in [6.45, 7) is 2.04. The number of carboxylic acid groups (broad SMARTS) is 2. The summed E-state index contributed by atoms with van der Waals surface area (Å²) >= 11 is 0. The molecule has 1 fully saturated rings. The molecule has 1 saturated carbocycles. The largest absolute Gasteiger partial charge is 0.481 e. The Morgan fingerprint density at radius 2 is 1.84 bits per heavy atom. The smallest absolute Gasteiger partial charge is 0.326 e. The summed E-state index contributed by atoms with van der Waals surface area (Å²) in [5.41, 5.74) is 0. The van der Waals surface area contributed by atoms with Crippen LogP contribution in [0.15, 0.2) is 0 Å². The Balaban J connectivity index is 2.47. The molecule has 0 aromatic rings. The highest BCUT2D eigenvalue weighted by Gasteiger charge is 2.26. The molecule has 0 radical (unpaired) electrons. The van der Waals surface area contributed by atoms with E-state index in [1.54, 1.807) is 0 Å². The van der Waals surface area contributed by atoms with E-state index in [2.05, 4.69) is 10.6 Å². The summed E-state index contributed by atoms with van der Waals surface area (Å²) in [5.74, 6) is -2.27. The van der Waals surface area contributed by atoms with Gasteiger partial charge in [0, 0.05) is 6.04 Å². The quantitative estimate of drug-likeness (QED) is 0.590. The summed E-state index contributed by atoms with van der Waals surface area (Å²) in [7, 11) is 0. The van der Waals surface area contributed by atoms with Crippen molar-refractivity contribution in [3.8, 4) is 0 Å². The minimum absolute atomic E-state index is 0.0213. The van der Waals surface area contributed by atoms with Gasteiger partial charge in [0.25, 0.3) is 0 Å². The SMILES string of the molecule is CC1CCCCC1NC(=O)N[C@@H](CC(=O)O)C(=O)O. The minimum Gasteiger partial charge on any atom is -0.481 e. The number of nitrogens with one attached hydrogen (secondary N) is 2. The molecule has 0 saturated heterocycles. The standard InChI is InChI=1S/C12H20N2O5/c1-7-4-2-3-5-8(7)13-12(19)14-9(11(17)18)6-10(15)16/h7-9H,2-6H2,1H3,(H,15,16)(H,17,18)(H2,13,14,19)/t7?,8?,9-/m0/s1. The average Bonchev–Trinajstić information content (AvgIpc) is 2.30. The van der Waals surface area contributed by atoms with Crippen LogP contribution in [0.25, 0.3) is 0 Å². The molecule has 0 spiro atoms. The second-order valence-electron chi connectivity index (χ2n) is 4.97. The molecular weight excluding hydrogens is 252 g/mol. The minimum atomic E-state index is -1.41. The first-order chi connectivity index (χ1) is 8.90. The monoisotopic (exact) mass is 272 g/mol. The summed E-state index contributed by atoms with van der Waals surface area (Å²) < 4.78 is 0. The van der Waals surface area contributed by atoms with Crippen molar-refractivity contribution in [3.63, 3.8) is 0 Å². The van der Waals surface area contributed by atoms with E-state index in [1.807, 2.05) is 6.92 Å². The summed E-state index contributed by atoms with van der Waals surface area (Å²) in [6.07, 6.45) is 3.43. The Labute approximate surface area is 111 Å². The van der Waals surface area contributed by atoms with Crippen molar-refractivity contribution in [3.05, 3.63) is 0 Å². The number of carbonyl (C=O) groups excluding carboxylic acids is 1. The lowest BCUT2D eigenvalue weighted by Crippen LogP contribution is -2.51. The van der Waals surface area contributed by atoms with Crippen molar-refractivity contribution in [2.24, 2.45) is 5.92 Å². The molecule has 19 heavy (non-hydrogen) atoms. The Morgan fingerprint density at radius 1 is 1.21 bits per heavy atom. The van der Waals surface area contributed by atoms with Crippen LogP contribution in [0.5, 0.6) is 0 Å². The molecule has 3 atom stereocenters. The average molecular weight is 272 g/mol. The van der Waals surface area contributed by atoms with E-state index in [9.17, 15) is 14.4 Å². The van der Waals surface area contributed by atoms with Crippen LogP contribution in [0, 0.1) is 5.92 Å². The lowest BCUT2D eigenvalue weighted by atomic mass is 9.86. The zero-order valence-electron chi connectivity index (χ0n) is 10.9. The van der Waals surface area contributed by atoms with Gasteiger partial charge >= 0.3 is 18.0 Å². The second-order valence-corrected chi connectivity index (χ2v) is 4.97. The van der Waals surface area contributed by atoms with E-state index in [1.165, 1.54) is 0 Å². The lowest BCUT2D eigenvalue weighted by Gasteiger charge is -2.29. The highest BCUT2D eigenvalue weighted by molar-refractivity contribution is 5.86. The molecule has 0 heterocycles. The molecule has 0 aromatic carbocycles. The van der Waals surface area contributed by atoms with Crippen LogP contribution in [0.1, 0.15) is 39.0 Å². The van der Waals surface area contributed by atoms with Gasteiger partial charge in [-0.05, 0) is 18.8 Å². The van der Waals surface area contributed by atoms with Crippen molar-refractivity contribution < 1.29 is 24.6 Å². The molecular formula is C12H20N2O5. The van der Waals surface area contributed by atoms with Crippen LogP contribution in [0.4, 0.5) is 4.79 Å². The number of aliphatic carboxylic acids is 2. The van der Waals surface area contributed by atoms with E-state index in [0.29, 0.717) is 5.92 Å². The van der Waals surface area contributed by atoms with Crippen molar-refractivity contribution >= 4 is 18.0 Å². The molecule has 0 aromatic heterocycles. The number of carbonyl (C=O) groups is 3. The molecule has 0 aliphatic heterocycles. The van der Waals surface area contributed by atoms with Gasteiger partial charge in [-0.15, -0.1) is 0 Å². The van der Waals surface area contributed by atoms with E-state index in [-0.39, 0.29) is 6.04 Å². The highest BCUT2D eigenvalue weighted by Crippen LogP contribution is 2.23. The van der Waals surface area contributed by atoms with Crippen LogP contribution in [0.3, 0.4) is 0 Å². The van der Waals surface area contributed by atoms with Gasteiger partial charge < -0.3 is 20.8 Å². The molecule has 108 valence electrons. The van der Waals surface area contributed by atoms with Crippen LogP contribution in [-0.2, 0) is 9.59 Å². The summed E-state index contributed by atoms with van der Waals surface area (Å²) in [6, 6.07) is -2.00. The van der Waals surface area contributed by atoms with Crippen LogP contribution in [-0.4, -0.2) is 40.3 Å². The molecule has 4 N–H and O–H groups in total. The van der Waals surface area contributed by atoms with Gasteiger partial charge in [-0.1, -0.05) is 19.8 Å². The first-order valence-electron chi connectivity index (χ1n) is 6.41. The number of carboxylic acids is 2. The number of hydrogen-bond donors (Lipinski definition) is 4. The van der Waals surface area contributed by atoms with E-state index in [4.69, 9.17) is 10.2 Å². The molecule has 2 amide bonds. The molecule has 0 bridgehead atoms. The Hall–Kier alpha value is -1.79.